The van der Waals surface area contributed by atoms with Crippen molar-refractivity contribution in [1.29, 1.82) is 0 Å². The van der Waals surface area contributed by atoms with Gasteiger partial charge in [-0.3, -0.25) is 0 Å². The molecule has 0 aliphatic rings. The van der Waals surface area contributed by atoms with E-state index in [0.29, 0.717) is 11.0 Å². The zero-order valence-corrected chi connectivity index (χ0v) is 10.3. The van der Waals surface area contributed by atoms with E-state index in [1.54, 1.807) is 0 Å². The van der Waals surface area contributed by atoms with Crippen molar-refractivity contribution in [3.05, 3.63) is 28.7 Å². The minimum atomic E-state index is 0.564. The van der Waals surface area contributed by atoms with Crippen LogP contribution in [0.25, 0.3) is 0 Å². The van der Waals surface area contributed by atoms with Crippen LogP contribution in [0.15, 0.2) is 33.6 Å². The molecule has 0 bridgehead atoms. The van der Waals surface area contributed by atoms with Crippen LogP contribution < -0.4 is 0 Å². The van der Waals surface area contributed by atoms with Crippen LogP contribution in [0.4, 0.5) is 0 Å². The van der Waals surface area contributed by atoms with Gasteiger partial charge in [-0.2, -0.15) is 0 Å². The molecule has 1 aromatic rings. The van der Waals surface area contributed by atoms with Crippen molar-refractivity contribution in [2.45, 2.75) is 11.8 Å². The Hall–Kier alpha value is -0.0600. The van der Waals surface area contributed by atoms with Crippen molar-refractivity contribution in [1.82, 2.24) is 0 Å². The molecule has 0 radical (unpaired) electrons. The fourth-order valence-corrected chi connectivity index (χ4v) is 2.35. The molecule has 1 rings (SSSR count). The van der Waals surface area contributed by atoms with Gasteiger partial charge in [0.1, 0.15) is 0 Å². The average Bonchev–Trinajstić information content (AvgIpc) is 2.09. The first-order chi connectivity index (χ1) is 6.24. The molecule has 0 fully saturated rings. The molecule has 0 N–H and O–H groups in total. The molecule has 1 aromatic carbocycles. The molecule has 4 heteroatoms. The number of hydrogen-bond acceptors (Lipinski definition) is 3. The largest absolute Gasteiger partial charge is 0.479 e. The van der Waals surface area contributed by atoms with Gasteiger partial charge < -0.3 is 4.74 Å². The second kappa shape index (κ2) is 5.62. The summed E-state index contributed by atoms with van der Waals surface area (Å²) in [6.45, 7) is 2.54. The predicted octanol–water partition coefficient (Wildman–Crippen LogP) is 3.86. The van der Waals surface area contributed by atoms with Gasteiger partial charge in [-0.1, -0.05) is 12.1 Å². The highest BCUT2D eigenvalue weighted by molar-refractivity contribution is 9.10. The lowest BCUT2D eigenvalue weighted by molar-refractivity contribution is 0.346. The normalized spacial score (nSPS) is 9.69. The van der Waals surface area contributed by atoms with Gasteiger partial charge in [-0.15, -0.1) is 0 Å². The highest BCUT2D eigenvalue weighted by atomic mass is 79.9. The number of thiocarbonyl (C=S) groups is 1. The Morgan fingerprint density at radius 2 is 2.23 bits per heavy atom. The third-order valence-electron chi connectivity index (χ3n) is 1.29. The molecule has 13 heavy (non-hydrogen) atoms. The van der Waals surface area contributed by atoms with Gasteiger partial charge in [0.05, 0.1) is 6.61 Å². The zero-order valence-electron chi connectivity index (χ0n) is 7.12. The molecule has 0 saturated carbocycles. The van der Waals surface area contributed by atoms with Gasteiger partial charge in [-0.25, -0.2) is 0 Å². The first-order valence-electron chi connectivity index (χ1n) is 3.83. The molecule has 0 atom stereocenters. The maximum Gasteiger partial charge on any atom is 0.224 e. The fourth-order valence-electron chi connectivity index (χ4n) is 0.765. The van der Waals surface area contributed by atoms with Gasteiger partial charge in [-0.05, 0) is 59.0 Å². The van der Waals surface area contributed by atoms with Gasteiger partial charge in [0.25, 0.3) is 0 Å². The summed E-state index contributed by atoms with van der Waals surface area (Å²) in [5.41, 5.74) is 0. The van der Waals surface area contributed by atoms with Crippen LogP contribution in [0.3, 0.4) is 0 Å². The topological polar surface area (TPSA) is 9.23 Å². The van der Waals surface area contributed by atoms with E-state index in [0.717, 1.165) is 9.37 Å². The molecule has 0 saturated heterocycles. The third-order valence-corrected chi connectivity index (χ3v) is 3.47. The molecule has 0 amide bonds. The van der Waals surface area contributed by atoms with E-state index >= 15 is 0 Å². The van der Waals surface area contributed by atoms with E-state index in [4.69, 9.17) is 17.0 Å². The van der Waals surface area contributed by atoms with Crippen LogP contribution in [0.1, 0.15) is 6.92 Å². The van der Waals surface area contributed by atoms with Crippen molar-refractivity contribution in [2.75, 3.05) is 6.61 Å². The molecule has 1 nitrogen and oxygen atoms in total. The van der Waals surface area contributed by atoms with Crippen LogP contribution >= 0.6 is 39.9 Å². The smallest absolute Gasteiger partial charge is 0.224 e. The average molecular weight is 277 g/mol. The number of rotatable bonds is 2. The second-order valence-electron chi connectivity index (χ2n) is 2.22. The molecule has 0 aliphatic carbocycles. The van der Waals surface area contributed by atoms with E-state index in [2.05, 4.69) is 15.9 Å². The van der Waals surface area contributed by atoms with Gasteiger partial charge >= 0.3 is 0 Å². The van der Waals surface area contributed by atoms with Crippen LogP contribution in [0.2, 0.25) is 0 Å². The summed E-state index contributed by atoms with van der Waals surface area (Å²) in [4.78, 5) is 1.08. The summed E-state index contributed by atoms with van der Waals surface area (Å²) in [5, 5.41) is 0. The van der Waals surface area contributed by atoms with E-state index < -0.39 is 0 Å². The number of halogens is 1. The molecule has 0 aliphatic heterocycles. The lowest BCUT2D eigenvalue weighted by Crippen LogP contribution is -1.95. The van der Waals surface area contributed by atoms with Crippen LogP contribution in [0.5, 0.6) is 0 Å². The van der Waals surface area contributed by atoms with Crippen LogP contribution in [-0.4, -0.2) is 11.0 Å². The Morgan fingerprint density at radius 1 is 1.54 bits per heavy atom. The number of ether oxygens (including phenoxy) is 1. The third kappa shape index (κ3) is 3.67. The monoisotopic (exact) mass is 276 g/mol. The van der Waals surface area contributed by atoms with Crippen molar-refractivity contribution in [3.63, 3.8) is 0 Å². The number of thioether (sulfide) groups is 1. The minimum absolute atomic E-state index is 0.564. The number of benzene rings is 1. The summed E-state index contributed by atoms with van der Waals surface area (Å²) in [6.07, 6.45) is 0. The van der Waals surface area contributed by atoms with Crippen LogP contribution in [-0.2, 0) is 4.74 Å². The highest BCUT2D eigenvalue weighted by Gasteiger charge is 2.03. The Labute approximate surface area is 96.0 Å². The van der Waals surface area contributed by atoms with Gasteiger partial charge in [0, 0.05) is 9.37 Å². The Balaban J connectivity index is 2.63. The first kappa shape index (κ1) is 11.0. The Kier molecular flexibility index (Phi) is 4.77. The zero-order chi connectivity index (χ0) is 9.68. The lowest BCUT2D eigenvalue weighted by Gasteiger charge is -2.05. The van der Waals surface area contributed by atoms with Gasteiger partial charge in [0.15, 0.2) is 0 Å². The molecule has 0 unspecified atom stereocenters. The minimum Gasteiger partial charge on any atom is -0.479 e. The molecule has 70 valence electrons. The SMILES string of the molecule is CCOC(=S)Sc1ccccc1Br. The van der Waals surface area contributed by atoms with E-state index in [1.807, 2.05) is 31.2 Å². The Morgan fingerprint density at radius 3 is 2.85 bits per heavy atom. The quantitative estimate of drug-likeness (QED) is 0.600. The lowest BCUT2D eigenvalue weighted by atomic mass is 10.4. The van der Waals surface area contributed by atoms with E-state index in [9.17, 15) is 0 Å². The van der Waals surface area contributed by atoms with Crippen molar-refractivity contribution in [3.8, 4) is 0 Å². The second-order valence-corrected chi connectivity index (χ2v) is 4.71. The van der Waals surface area contributed by atoms with Crippen molar-refractivity contribution < 1.29 is 4.74 Å². The molecule has 0 aromatic heterocycles. The summed E-state index contributed by atoms with van der Waals surface area (Å²) in [7, 11) is 0. The number of hydrogen-bond donors (Lipinski definition) is 0. The molecular formula is C9H9BrOS2. The Bertz CT molecular complexity index is 301. The standard InChI is InChI=1S/C9H9BrOS2/c1-2-11-9(12)13-8-6-4-3-5-7(8)10/h3-6H,2H2,1H3. The summed E-state index contributed by atoms with van der Waals surface area (Å²) < 4.78 is 6.78. The summed E-state index contributed by atoms with van der Waals surface area (Å²) in [5.74, 6) is 0. The highest BCUT2D eigenvalue weighted by Crippen LogP contribution is 2.28. The van der Waals surface area contributed by atoms with Crippen molar-refractivity contribution >= 4 is 44.3 Å². The maximum atomic E-state index is 5.17. The summed E-state index contributed by atoms with van der Waals surface area (Å²) in [6, 6.07) is 7.93. The fraction of sp³-hybridized carbons (Fsp3) is 0.222. The molecule has 0 spiro atoms. The predicted molar refractivity (Wildman–Crippen MR) is 64.2 cm³/mol. The van der Waals surface area contributed by atoms with E-state index in [1.165, 1.54) is 11.8 Å². The van der Waals surface area contributed by atoms with Crippen molar-refractivity contribution in [2.24, 2.45) is 0 Å². The van der Waals surface area contributed by atoms with E-state index in [-0.39, 0.29) is 0 Å². The first-order valence-corrected chi connectivity index (χ1v) is 5.85. The van der Waals surface area contributed by atoms with Gasteiger partial charge in [0.2, 0.25) is 4.38 Å². The van der Waals surface area contributed by atoms with Crippen LogP contribution in [0, 0.1) is 0 Å². The maximum absolute atomic E-state index is 5.17. The molecular weight excluding hydrogens is 268 g/mol. The molecule has 0 heterocycles. The summed E-state index contributed by atoms with van der Waals surface area (Å²) >= 11 is 9.91.